The van der Waals surface area contributed by atoms with Gasteiger partial charge in [-0.25, -0.2) is 0 Å². The van der Waals surface area contributed by atoms with E-state index >= 15 is 0 Å². The van der Waals surface area contributed by atoms with Crippen LogP contribution in [0.4, 0.5) is 11.5 Å². The van der Waals surface area contributed by atoms with E-state index in [1.807, 2.05) is 31.3 Å². The van der Waals surface area contributed by atoms with Gasteiger partial charge in [0.2, 0.25) is 5.52 Å². The lowest BCUT2D eigenvalue weighted by atomic mass is 9.95. The van der Waals surface area contributed by atoms with Crippen molar-refractivity contribution < 1.29 is 9.47 Å². The van der Waals surface area contributed by atoms with Gasteiger partial charge in [0.25, 0.3) is 11.4 Å². The maximum absolute atomic E-state index is 13.0. The number of rotatable bonds is 4. The summed E-state index contributed by atoms with van der Waals surface area (Å²) in [6, 6.07) is 15.4. The van der Waals surface area contributed by atoms with Crippen LogP contribution in [0.25, 0.3) is 15.9 Å². The first kappa shape index (κ1) is 26.8. The Balaban J connectivity index is 1.42. The molecule has 1 unspecified atom stereocenters. The average molecular weight is 551 g/mol. The minimum Gasteiger partial charge on any atom is -0.490 e. The molecule has 0 spiro atoms. The largest absolute Gasteiger partial charge is 0.490 e. The van der Waals surface area contributed by atoms with Gasteiger partial charge in [-0.05, 0) is 50.6 Å². The van der Waals surface area contributed by atoms with Gasteiger partial charge in [-0.1, -0.05) is 24.8 Å². The lowest BCUT2D eigenvalue weighted by Crippen LogP contribution is -2.57. The van der Waals surface area contributed by atoms with Gasteiger partial charge in [0, 0.05) is 56.5 Å². The molecule has 6 rings (SSSR count). The summed E-state index contributed by atoms with van der Waals surface area (Å²) in [5, 5.41) is 0. The molecule has 5 heterocycles. The molecule has 0 aliphatic carbocycles. The maximum atomic E-state index is 13.0. The molecular formula is C32H34N6O3. The van der Waals surface area contributed by atoms with Crippen molar-refractivity contribution in [2.75, 3.05) is 31.2 Å². The fraction of sp³-hybridized carbons (Fsp3) is 0.375. The second-order valence-electron chi connectivity index (χ2n) is 11.0. The van der Waals surface area contributed by atoms with Crippen molar-refractivity contribution in [3.8, 4) is 11.5 Å². The maximum Gasteiger partial charge on any atom is 0.270 e. The second-order valence-corrected chi connectivity index (χ2v) is 11.0. The highest BCUT2D eigenvalue weighted by Crippen LogP contribution is 2.43. The van der Waals surface area contributed by atoms with Crippen molar-refractivity contribution in [2.45, 2.75) is 45.3 Å². The van der Waals surface area contributed by atoms with E-state index in [1.54, 1.807) is 23.7 Å². The molecule has 2 aliphatic heterocycles. The van der Waals surface area contributed by atoms with Crippen LogP contribution in [0.5, 0.6) is 11.5 Å². The number of hydrogen-bond acceptors (Lipinski definition) is 7. The van der Waals surface area contributed by atoms with Crippen molar-refractivity contribution in [1.82, 2.24) is 19.4 Å². The third kappa shape index (κ3) is 4.89. The standard InChI is InChI=1S/C32H34N6O3/c1-20-10-11-24(34-17-20)31(23-8-6-9-27-32(23)41-15-7-14-40-27)38-19-21(2)37(18-22(38)3)26-16-29(39)36(5)25-12-13-28(33-4)35-30(25)26/h6,8-13,16-17,21-22,31H,7,14-15,18-19H2,1-3,5H3/t21-,22+,31?/m0/s1. The highest BCUT2D eigenvalue weighted by molar-refractivity contribution is 5.89. The van der Waals surface area contributed by atoms with Crippen LogP contribution in [0.2, 0.25) is 0 Å². The summed E-state index contributed by atoms with van der Waals surface area (Å²) in [5.74, 6) is 1.87. The molecule has 3 aromatic heterocycles. The highest BCUT2D eigenvalue weighted by atomic mass is 16.5. The molecular weight excluding hydrogens is 516 g/mol. The third-order valence-electron chi connectivity index (χ3n) is 8.15. The molecule has 2 aliphatic rings. The topological polar surface area (TPSA) is 77.1 Å². The molecule has 1 saturated heterocycles. The van der Waals surface area contributed by atoms with Crippen molar-refractivity contribution in [3.63, 3.8) is 0 Å². The zero-order valence-electron chi connectivity index (χ0n) is 23.9. The van der Waals surface area contributed by atoms with Crippen molar-refractivity contribution in [3.05, 3.63) is 93.3 Å². The van der Waals surface area contributed by atoms with Gasteiger partial charge in [-0.2, -0.15) is 0 Å². The minimum atomic E-state index is -0.154. The molecule has 1 fully saturated rings. The Morgan fingerprint density at radius 3 is 2.66 bits per heavy atom. The van der Waals surface area contributed by atoms with Crippen molar-refractivity contribution in [2.24, 2.45) is 7.05 Å². The Labute approximate surface area is 239 Å². The first-order chi connectivity index (χ1) is 19.9. The van der Waals surface area contributed by atoms with E-state index in [0.717, 1.165) is 40.4 Å². The number of ether oxygens (including phenoxy) is 2. The first-order valence-corrected chi connectivity index (χ1v) is 14.1. The number of nitrogens with zero attached hydrogens (tertiary/aromatic N) is 6. The zero-order valence-corrected chi connectivity index (χ0v) is 23.9. The van der Waals surface area contributed by atoms with E-state index in [1.165, 1.54) is 0 Å². The molecule has 1 aromatic carbocycles. The third-order valence-corrected chi connectivity index (χ3v) is 8.15. The van der Waals surface area contributed by atoms with Crippen molar-refractivity contribution in [1.29, 1.82) is 0 Å². The number of fused-ring (bicyclic) bond motifs is 2. The molecule has 4 aromatic rings. The van der Waals surface area contributed by atoms with Gasteiger partial charge in [0.15, 0.2) is 11.5 Å². The second kappa shape index (κ2) is 10.9. The number of pyridine rings is 3. The van der Waals surface area contributed by atoms with E-state index in [-0.39, 0.29) is 23.7 Å². The first-order valence-electron chi connectivity index (χ1n) is 14.1. The molecule has 0 radical (unpaired) electrons. The fourth-order valence-electron chi connectivity index (χ4n) is 6.01. The molecule has 3 atom stereocenters. The van der Waals surface area contributed by atoms with Crippen molar-refractivity contribution >= 4 is 22.5 Å². The van der Waals surface area contributed by atoms with Gasteiger partial charge in [0.1, 0.15) is 0 Å². The number of hydrogen-bond donors (Lipinski definition) is 0. The van der Waals surface area contributed by atoms with Crippen LogP contribution in [0.3, 0.4) is 0 Å². The van der Waals surface area contributed by atoms with Gasteiger partial charge in [-0.3, -0.25) is 14.7 Å². The Bertz CT molecular complexity index is 1690. The molecule has 210 valence electrons. The summed E-state index contributed by atoms with van der Waals surface area (Å²) in [7, 11) is 1.74. The summed E-state index contributed by atoms with van der Waals surface area (Å²) in [4.78, 5) is 30.8. The van der Waals surface area contributed by atoms with Crippen LogP contribution in [-0.4, -0.2) is 57.8 Å². The van der Waals surface area contributed by atoms with E-state index in [4.69, 9.17) is 21.0 Å². The molecule has 0 bridgehead atoms. The number of benzene rings is 1. The van der Waals surface area contributed by atoms with E-state index in [0.29, 0.717) is 43.2 Å². The number of para-hydroxylation sites is 1. The van der Waals surface area contributed by atoms with Crippen LogP contribution in [0.1, 0.15) is 43.1 Å². The number of aromatic nitrogens is 3. The number of piperazine rings is 1. The normalized spacial score (nSPS) is 19.9. The van der Waals surface area contributed by atoms with Gasteiger partial charge >= 0.3 is 0 Å². The summed E-state index contributed by atoms with van der Waals surface area (Å²) >= 11 is 0. The number of aryl methyl sites for hydroxylation is 2. The Morgan fingerprint density at radius 2 is 1.88 bits per heavy atom. The van der Waals surface area contributed by atoms with Crippen LogP contribution in [0, 0.1) is 13.5 Å². The zero-order chi connectivity index (χ0) is 28.7. The van der Waals surface area contributed by atoms with E-state index < -0.39 is 0 Å². The molecule has 41 heavy (non-hydrogen) atoms. The smallest absolute Gasteiger partial charge is 0.270 e. The highest BCUT2D eigenvalue weighted by Gasteiger charge is 2.38. The van der Waals surface area contributed by atoms with Gasteiger partial charge < -0.3 is 23.8 Å². The van der Waals surface area contributed by atoms with Crippen LogP contribution >= 0.6 is 0 Å². The SMILES string of the molecule is [C-]#[N+]c1ccc2c(n1)c(N1C[C@@H](C)N(C(c3ccc(C)cn3)c3cccc4c3OCCCO4)C[C@@H]1C)cc(=O)n2C. The molecule has 0 saturated carbocycles. The van der Waals surface area contributed by atoms with Crippen LogP contribution < -0.4 is 19.9 Å². The Hall–Kier alpha value is -4.42. The predicted octanol–water partition coefficient (Wildman–Crippen LogP) is 5.04. The summed E-state index contributed by atoms with van der Waals surface area (Å²) in [5.41, 5.74) is 5.15. The molecule has 9 heteroatoms. The quantitative estimate of drug-likeness (QED) is 0.330. The van der Waals surface area contributed by atoms with Crippen LogP contribution in [-0.2, 0) is 7.05 Å². The van der Waals surface area contributed by atoms with E-state index in [2.05, 4.69) is 51.7 Å². The lowest BCUT2D eigenvalue weighted by molar-refractivity contribution is 0.125. The van der Waals surface area contributed by atoms with E-state index in [9.17, 15) is 4.79 Å². The Morgan fingerprint density at radius 1 is 1.05 bits per heavy atom. The summed E-state index contributed by atoms with van der Waals surface area (Å²) < 4.78 is 13.9. The fourth-order valence-corrected chi connectivity index (χ4v) is 6.01. The summed E-state index contributed by atoms with van der Waals surface area (Å²) in [6.07, 6.45) is 2.75. The minimum absolute atomic E-state index is 0.0485. The van der Waals surface area contributed by atoms with Gasteiger partial charge in [-0.15, -0.1) is 4.98 Å². The summed E-state index contributed by atoms with van der Waals surface area (Å²) in [6.45, 7) is 16.5. The van der Waals surface area contributed by atoms with Crippen LogP contribution in [0.15, 0.2) is 59.5 Å². The number of anilines is 1. The predicted molar refractivity (Wildman–Crippen MR) is 159 cm³/mol. The monoisotopic (exact) mass is 550 g/mol. The Kier molecular flexibility index (Phi) is 7.10. The van der Waals surface area contributed by atoms with Gasteiger partial charge in [0.05, 0.1) is 36.2 Å². The lowest BCUT2D eigenvalue weighted by Gasteiger charge is -2.48. The molecule has 0 N–H and O–H groups in total. The molecule has 9 nitrogen and oxygen atoms in total. The average Bonchev–Trinajstić information content (AvgIpc) is 3.24. The molecule has 0 amide bonds.